The normalized spacial score (nSPS) is 18.3. The van der Waals surface area contributed by atoms with Gasteiger partial charge in [-0.25, -0.2) is 0 Å². The maximum atomic E-state index is 12.3. The lowest BCUT2D eigenvalue weighted by molar-refractivity contribution is -0.110. The first-order valence-electron chi connectivity index (χ1n) is 8.72. The minimum atomic E-state index is -0.0738. The summed E-state index contributed by atoms with van der Waals surface area (Å²) in [4.78, 5) is 12.3. The zero-order chi connectivity index (χ0) is 17.2. The van der Waals surface area contributed by atoms with Crippen molar-refractivity contribution < 1.29 is 14.3 Å². The van der Waals surface area contributed by atoms with Gasteiger partial charge < -0.3 is 14.8 Å². The van der Waals surface area contributed by atoms with Crippen LogP contribution in [0.4, 0.5) is 5.69 Å². The summed E-state index contributed by atoms with van der Waals surface area (Å²) in [5, 5.41) is 2.90. The Balaban J connectivity index is 1.67. The van der Waals surface area contributed by atoms with Crippen molar-refractivity contribution in [2.45, 2.75) is 31.8 Å². The molecule has 128 valence electrons. The fourth-order valence-electron chi connectivity index (χ4n) is 3.51. The fourth-order valence-corrected chi connectivity index (χ4v) is 3.51. The zero-order valence-electron chi connectivity index (χ0n) is 14.2. The summed E-state index contributed by atoms with van der Waals surface area (Å²) < 4.78 is 11.6. The van der Waals surface area contributed by atoms with Crippen molar-refractivity contribution >= 4 is 23.2 Å². The number of fused-ring (bicyclic) bond motifs is 1. The van der Waals surface area contributed by atoms with Crippen LogP contribution in [0, 0.1) is 0 Å². The van der Waals surface area contributed by atoms with Crippen LogP contribution in [-0.4, -0.2) is 19.1 Å². The first kappa shape index (κ1) is 15.8. The third-order valence-corrected chi connectivity index (χ3v) is 4.80. The van der Waals surface area contributed by atoms with E-state index in [1.165, 1.54) is 12.8 Å². The third-order valence-electron chi connectivity index (χ3n) is 4.80. The lowest BCUT2D eigenvalue weighted by Crippen LogP contribution is -2.11. The maximum Gasteiger partial charge on any atom is 0.256 e. The van der Waals surface area contributed by atoms with Gasteiger partial charge in [-0.1, -0.05) is 24.3 Å². The molecule has 4 nitrogen and oxygen atoms in total. The Morgan fingerprint density at radius 2 is 1.88 bits per heavy atom. The predicted octanol–water partition coefficient (Wildman–Crippen LogP) is 4.51. The second-order valence-corrected chi connectivity index (χ2v) is 6.49. The first-order chi connectivity index (χ1) is 12.2. The molecule has 1 fully saturated rings. The molecule has 2 aromatic rings. The lowest BCUT2D eigenvalue weighted by atomic mass is 10.0. The largest absolute Gasteiger partial charge is 0.493 e. The predicted molar refractivity (Wildman–Crippen MR) is 98.8 cm³/mol. The number of methoxy groups -OCH3 is 1. The molecular weight excluding hydrogens is 314 g/mol. The van der Waals surface area contributed by atoms with Crippen molar-refractivity contribution in [3.05, 3.63) is 53.6 Å². The molecule has 2 aliphatic rings. The second-order valence-electron chi connectivity index (χ2n) is 6.49. The molecule has 25 heavy (non-hydrogen) atoms. The van der Waals surface area contributed by atoms with E-state index in [9.17, 15) is 4.79 Å². The average Bonchev–Trinajstić information content (AvgIpc) is 3.24. The zero-order valence-corrected chi connectivity index (χ0v) is 14.2. The van der Waals surface area contributed by atoms with Crippen LogP contribution in [0.1, 0.15) is 36.8 Å². The number of rotatable bonds is 4. The van der Waals surface area contributed by atoms with Crippen LogP contribution in [-0.2, 0) is 4.79 Å². The quantitative estimate of drug-likeness (QED) is 0.836. The van der Waals surface area contributed by atoms with Crippen molar-refractivity contribution in [1.82, 2.24) is 0 Å². The standard InChI is InChI=1S/C21H21NO3/c1-24-19-11-10-14(13-20(19)25-15-6-2-3-7-15)12-17-16-8-4-5-9-18(16)22-21(17)23/h4-5,8-13,15H,2-3,6-7H2,1H3,(H,22,23)/b17-12+. The summed E-state index contributed by atoms with van der Waals surface area (Å²) in [5.74, 6) is 1.40. The van der Waals surface area contributed by atoms with Crippen LogP contribution in [0.15, 0.2) is 42.5 Å². The summed E-state index contributed by atoms with van der Waals surface area (Å²) >= 11 is 0. The van der Waals surface area contributed by atoms with E-state index >= 15 is 0 Å². The SMILES string of the molecule is COc1ccc(/C=C2/C(=O)Nc3ccccc32)cc1OC1CCCC1. The molecule has 1 aliphatic carbocycles. The Morgan fingerprint density at radius 1 is 1.08 bits per heavy atom. The molecule has 0 radical (unpaired) electrons. The van der Waals surface area contributed by atoms with Crippen LogP contribution in [0.2, 0.25) is 0 Å². The van der Waals surface area contributed by atoms with Gasteiger partial charge in [-0.3, -0.25) is 4.79 Å². The molecule has 0 saturated heterocycles. The first-order valence-corrected chi connectivity index (χ1v) is 8.72. The molecule has 0 bridgehead atoms. The number of benzene rings is 2. The Labute approximate surface area is 147 Å². The number of ether oxygens (including phenoxy) is 2. The van der Waals surface area contributed by atoms with Gasteiger partial charge in [0, 0.05) is 16.8 Å². The van der Waals surface area contributed by atoms with E-state index in [2.05, 4.69) is 5.32 Å². The van der Waals surface area contributed by atoms with Gasteiger partial charge in [-0.15, -0.1) is 0 Å². The van der Waals surface area contributed by atoms with Crippen LogP contribution in [0.3, 0.4) is 0 Å². The van der Waals surface area contributed by atoms with Crippen LogP contribution >= 0.6 is 0 Å². The minimum absolute atomic E-state index is 0.0738. The van der Waals surface area contributed by atoms with E-state index in [4.69, 9.17) is 9.47 Å². The number of anilines is 1. The average molecular weight is 335 g/mol. The van der Waals surface area contributed by atoms with E-state index in [0.29, 0.717) is 5.57 Å². The van der Waals surface area contributed by atoms with Crippen molar-refractivity contribution in [1.29, 1.82) is 0 Å². The molecule has 1 saturated carbocycles. The summed E-state index contributed by atoms with van der Waals surface area (Å²) in [5.41, 5.74) is 3.39. The van der Waals surface area contributed by atoms with Gasteiger partial charge in [-0.05, 0) is 55.5 Å². The molecule has 1 heterocycles. The van der Waals surface area contributed by atoms with Gasteiger partial charge in [-0.2, -0.15) is 0 Å². The van der Waals surface area contributed by atoms with Crippen molar-refractivity contribution in [2.24, 2.45) is 0 Å². The van der Waals surface area contributed by atoms with Gasteiger partial charge in [0.15, 0.2) is 11.5 Å². The highest BCUT2D eigenvalue weighted by atomic mass is 16.5. The van der Waals surface area contributed by atoms with E-state index < -0.39 is 0 Å². The van der Waals surface area contributed by atoms with Gasteiger partial charge in [0.05, 0.1) is 13.2 Å². The smallest absolute Gasteiger partial charge is 0.256 e. The highest BCUT2D eigenvalue weighted by molar-refractivity contribution is 6.34. The number of para-hydroxylation sites is 1. The number of carbonyl (C=O) groups excluding carboxylic acids is 1. The second kappa shape index (κ2) is 6.63. The Morgan fingerprint density at radius 3 is 2.68 bits per heavy atom. The molecule has 0 aromatic heterocycles. The van der Waals surface area contributed by atoms with Gasteiger partial charge in [0.1, 0.15) is 0 Å². The highest BCUT2D eigenvalue weighted by Gasteiger charge is 2.24. The summed E-state index contributed by atoms with van der Waals surface area (Å²) in [6.45, 7) is 0. The summed E-state index contributed by atoms with van der Waals surface area (Å²) in [7, 11) is 1.65. The van der Waals surface area contributed by atoms with Crippen molar-refractivity contribution in [3.8, 4) is 11.5 Å². The number of carbonyl (C=O) groups is 1. The Hall–Kier alpha value is -2.75. The van der Waals surface area contributed by atoms with E-state index in [-0.39, 0.29) is 12.0 Å². The molecule has 1 amide bonds. The maximum absolute atomic E-state index is 12.3. The number of amides is 1. The monoisotopic (exact) mass is 335 g/mol. The van der Waals surface area contributed by atoms with Crippen LogP contribution < -0.4 is 14.8 Å². The number of hydrogen-bond acceptors (Lipinski definition) is 3. The Bertz CT molecular complexity index is 835. The molecule has 1 N–H and O–H groups in total. The topological polar surface area (TPSA) is 47.6 Å². The molecule has 0 spiro atoms. The number of hydrogen-bond donors (Lipinski definition) is 1. The van der Waals surface area contributed by atoms with Crippen LogP contribution in [0.25, 0.3) is 11.6 Å². The van der Waals surface area contributed by atoms with Gasteiger partial charge >= 0.3 is 0 Å². The molecule has 4 rings (SSSR count). The molecule has 1 aliphatic heterocycles. The lowest BCUT2D eigenvalue weighted by Gasteiger charge is -2.16. The van der Waals surface area contributed by atoms with E-state index in [1.807, 2.05) is 48.5 Å². The molecule has 4 heteroatoms. The highest BCUT2D eigenvalue weighted by Crippen LogP contribution is 2.36. The van der Waals surface area contributed by atoms with Crippen molar-refractivity contribution in [2.75, 3.05) is 12.4 Å². The molecule has 2 aromatic carbocycles. The summed E-state index contributed by atoms with van der Waals surface area (Å²) in [6.07, 6.45) is 6.77. The molecular formula is C21H21NO3. The van der Waals surface area contributed by atoms with Gasteiger partial charge in [0.2, 0.25) is 0 Å². The molecule has 0 atom stereocenters. The van der Waals surface area contributed by atoms with Crippen molar-refractivity contribution in [3.63, 3.8) is 0 Å². The Kier molecular flexibility index (Phi) is 4.18. The van der Waals surface area contributed by atoms with Crippen LogP contribution in [0.5, 0.6) is 11.5 Å². The molecule has 0 unspecified atom stereocenters. The number of nitrogens with one attached hydrogen (secondary N) is 1. The van der Waals surface area contributed by atoms with E-state index in [0.717, 1.165) is 41.2 Å². The minimum Gasteiger partial charge on any atom is -0.493 e. The van der Waals surface area contributed by atoms with E-state index in [1.54, 1.807) is 7.11 Å². The fraction of sp³-hybridized carbons (Fsp3) is 0.286. The third kappa shape index (κ3) is 3.12. The summed E-state index contributed by atoms with van der Waals surface area (Å²) in [6, 6.07) is 13.5. The van der Waals surface area contributed by atoms with Gasteiger partial charge in [0.25, 0.3) is 5.91 Å².